The molecule has 0 aromatic heterocycles. The molecule has 0 saturated heterocycles. The van der Waals surface area contributed by atoms with E-state index in [9.17, 15) is 0 Å². The summed E-state index contributed by atoms with van der Waals surface area (Å²) in [4.78, 5) is 4.55. The van der Waals surface area contributed by atoms with Crippen molar-refractivity contribution in [3.05, 3.63) is 374 Å². The minimum Gasteiger partial charge on any atom is -0.311 e. The van der Waals surface area contributed by atoms with Crippen LogP contribution in [0.4, 0.5) is 34.1 Å². The van der Waals surface area contributed by atoms with E-state index < -0.39 is 0 Å². The van der Waals surface area contributed by atoms with Crippen LogP contribution in [0.15, 0.2) is 352 Å². The lowest BCUT2D eigenvalue weighted by Gasteiger charge is -2.25. The van der Waals surface area contributed by atoms with Crippen LogP contribution < -0.4 is 9.80 Å². The van der Waals surface area contributed by atoms with Crippen molar-refractivity contribution in [2.45, 2.75) is 0 Å². The van der Waals surface area contributed by atoms with Crippen molar-refractivity contribution in [1.29, 1.82) is 0 Å². The van der Waals surface area contributed by atoms with E-state index in [2.05, 4.69) is 386 Å². The Balaban J connectivity index is 0.000000157. The Hall–Kier alpha value is -11.6. The third-order valence-electron chi connectivity index (χ3n) is 16.5. The minimum absolute atomic E-state index is 1.13. The lowest BCUT2D eigenvalue weighted by molar-refractivity contribution is 1.28. The number of anilines is 6. The van der Waals surface area contributed by atoms with Crippen molar-refractivity contribution in [3.8, 4) is 33.4 Å². The molecule has 15 aromatic rings. The Labute approximate surface area is 515 Å². The second-order valence-electron chi connectivity index (χ2n) is 22.1. The molecule has 416 valence electrons. The Bertz CT molecular complexity index is 4670. The van der Waals surface area contributed by atoms with E-state index in [0.29, 0.717) is 0 Å². The zero-order valence-electron chi connectivity index (χ0n) is 48.7. The van der Waals surface area contributed by atoms with Gasteiger partial charge in [0.25, 0.3) is 0 Å². The van der Waals surface area contributed by atoms with Crippen molar-refractivity contribution in [3.63, 3.8) is 0 Å². The molecule has 0 unspecified atom stereocenters. The molecule has 0 heterocycles. The summed E-state index contributed by atoms with van der Waals surface area (Å²) in [7, 11) is 0. The zero-order chi connectivity index (χ0) is 58.9. The van der Waals surface area contributed by atoms with E-state index in [-0.39, 0.29) is 0 Å². The highest BCUT2D eigenvalue weighted by Gasteiger charge is 2.15. The van der Waals surface area contributed by atoms with Gasteiger partial charge < -0.3 is 9.80 Å². The van der Waals surface area contributed by atoms with Gasteiger partial charge in [0, 0.05) is 34.1 Å². The fourth-order valence-electron chi connectivity index (χ4n) is 12.0. The van der Waals surface area contributed by atoms with Crippen LogP contribution in [-0.2, 0) is 0 Å². The van der Waals surface area contributed by atoms with Crippen LogP contribution >= 0.6 is 0 Å². The molecular weight excluding hydrogens is 1060 g/mol. The van der Waals surface area contributed by atoms with Gasteiger partial charge in [-0.25, -0.2) is 0 Å². The first-order valence-electron chi connectivity index (χ1n) is 30.1. The third-order valence-corrected chi connectivity index (χ3v) is 16.5. The monoisotopic (exact) mass is 1120 g/mol. The van der Waals surface area contributed by atoms with Crippen LogP contribution in [0.5, 0.6) is 0 Å². The molecule has 2 heteroatoms. The molecule has 88 heavy (non-hydrogen) atoms. The maximum atomic E-state index is 2.35. The molecule has 0 amide bonds. The van der Waals surface area contributed by atoms with Gasteiger partial charge in [0.05, 0.1) is 0 Å². The van der Waals surface area contributed by atoms with Crippen LogP contribution in [0.2, 0.25) is 0 Å². The predicted octanol–water partition coefficient (Wildman–Crippen LogP) is 24.3. The van der Waals surface area contributed by atoms with Crippen LogP contribution in [0.3, 0.4) is 0 Å². The summed E-state index contributed by atoms with van der Waals surface area (Å²) in [6, 6.07) is 126. The van der Waals surface area contributed by atoms with Crippen LogP contribution in [0.1, 0.15) is 22.3 Å². The molecule has 0 bridgehead atoms. The first kappa shape index (κ1) is 54.4. The summed E-state index contributed by atoms with van der Waals surface area (Å²) in [6.45, 7) is 0. The highest BCUT2D eigenvalue weighted by atomic mass is 15.1. The molecule has 15 aromatic carbocycles. The summed E-state index contributed by atoms with van der Waals surface area (Å²) >= 11 is 0. The number of benzene rings is 15. The Kier molecular flexibility index (Phi) is 15.6. The van der Waals surface area contributed by atoms with Gasteiger partial charge in [0.15, 0.2) is 0 Å². The number of hydrogen-bond acceptors (Lipinski definition) is 2. The lowest BCUT2D eigenvalue weighted by atomic mass is 9.89. The van der Waals surface area contributed by atoms with Gasteiger partial charge in [0.2, 0.25) is 0 Å². The molecule has 0 aliphatic heterocycles. The molecule has 0 radical (unpaired) electrons. The molecular formula is C86H62N2. The van der Waals surface area contributed by atoms with Crippen molar-refractivity contribution in [2.24, 2.45) is 0 Å². The number of nitrogens with zero attached hydrogens (tertiary/aromatic N) is 2. The molecule has 0 aliphatic rings. The average Bonchev–Trinajstić information content (AvgIpc) is 1.52. The van der Waals surface area contributed by atoms with Gasteiger partial charge in [0.1, 0.15) is 0 Å². The summed E-state index contributed by atoms with van der Waals surface area (Å²) < 4.78 is 0. The molecule has 0 atom stereocenters. The average molecular weight is 1120 g/mol. The SMILES string of the molecule is C(=C\c1ccc(N(c2ccccc2)c2ccccc2)cc1)/c1ccc(/C=C/c2ccc(N(c3ccccc3)c3ccccc3)cc2)cc1.c1ccc(-c2cc3ccccc3cc2-c2ccc3c(ccc4cc(-c5cccc6ccccc56)ccc43)c2)cc1. The number of fused-ring (bicyclic) bond motifs is 5. The van der Waals surface area contributed by atoms with Crippen LogP contribution in [0.25, 0.3) is 101 Å². The molecule has 0 aliphatic carbocycles. The maximum Gasteiger partial charge on any atom is 0.0462 e. The Morgan fingerprint density at radius 1 is 0.170 bits per heavy atom. The number of rotatable bonds is 13. The zero-order valence-corrected chi connectivity index (χ0v) is 48.7. The summed E-state index contributed by atoms with van der Waals surface area (Å²) in [5.74, 6) is 0. The number of hydrogen-bond donors (Lipinski definition) is 0. The number of para-hydroxylation sites is 4. The molecule has 0 spiro atoms. The van der Waals surface area contributed by atoms with Gasteiger partial charge in [-0.2, -0.15) is 0 Å². The van der Waals surface area contributed by atoms with E-state index in [1.165, 1.54) is 76.5 Å². The highest BCUT2D eigenvalue weighted by Crippen LogP contribution is 2.41. The van der Waals surface area contributed by atoms with Gasteiger partial charge in [-0.3, -0.25) is 0 Å². The molecule has 15 rings (SSSR count). The van der Waals surface area contributed by atoms with Crippen molar-refractivity contribution < 1.29 is 0 Å². The largest absolute Gasteiger partial charge is 0.311 e. The second kappa shape index (κ2) is 25.3. The normalized spacial score (nSPS) is 11.3. The quantitative estimate of drug-likeness (QED) is 0.0839. The van der Waals surface area contributed by atoms with Gasteiger partial charge in [-0.1, -0.05) is 279 Å². The fraction of sp³-hybridized carbons (Fsp3) is 0. The Morgan fingerprint density at radius 2 is 0.489 bits per heavy atom. The topological polar surface area (TPSA) is 6.48 Å². The minimum atomic E-state index is 1.13. The van der Waals surface area contributed by atoms with E-state index in [0.717, 1.165) is 56.4 Å². The first-order chi connectivity index (χ1) is 43.6. The van der Waals surface area contributed by atoms with Crippen molar-refractivity contribution in [1.82, 2.24) is 0 Å². The van der Waals surface area contributed by atoms with Crippen molar-refractivity contribution >= 4 is 102 Å². The van der Waals surface area contributed by atoms with Gasteiger partial charge in [-0.05, 0) is 196 Å². The highest BCUT2D eigenvalue weighted by molar-refractivity contribution is 6.11. The predicted molar refractivity (Wildman–Crippen MR) is 379 cm³/mol. The molecule has 0 N–H and O–H groups in total. The van der Waals surface area contributed by atoms with Gasteiger partial charge >= 0.3 is 0 Å². The summed E-state index contributed by atoms with van der Waals surface area (Å²) in [6.07, 6.45) is 8.66. The summed E-state index contributed by atoms with van der Waals surface area (Å²) in [5.41, 5.74) is 19.0. The summed E-state index contributed by atoms with van der Waals surface area (Å²) in [5, 5.41) is 10.2. The van der Waals surface area contributed by atoms with E-state index in [1.807, 2.05) is 0 Å². The van der Waals surface area contributed by atoms with E-state index >= 15 is 0 Å². The maximum absolute atomic E-state index is 2.35. The standard InChI is InChI=1S/C46H36N2.C40H26/c1-5-13-41(14-6-1)47(42-15-7-2-8-16-42)45-33-29-39(30-34-45)27-25-37-21-23-38(24-22-37)26-28-40-31-35-46(36-32-40)48(43-17-9-3-10-18-43)44-19-11-4-12-20-44;1-2-9-28(10-3-1)39-25-29-12-4-5-13-30(29)26-40(39)34-20-22-38-32(24-34)18-17-31-23-33(19-21-37(31)38)36-16-8-14-27-11-6-7-15-35(27)36/h1-36H;1-26H/b27-25+,28-26+;. The van der Waals surface area contributed by atoms with Gasteiger partial charge in [-0.15, -0.1) is 0 Å². The first-order valence-corrected chi connectivity index (χ1v) is 30.1. The smallest absolute Gasteiger partial charge is 0.0462 e. The van der Waals surface area contributed by atoms with Crippen LogP contribution in [0, 0.1) is 0 Å². The Morgan fingerprint density at radius 3 is 0.909 bits per heavy atom. The lowest BCUT2D eigenvalue weighted by Crippen LogP contribution is -2.09. The second-order valence-corrected chi connectivity index (χ2v) is 22.1. The van der Waals surface area contributed by atoms with Crippen molar-refractivity contribution in [2.75, 3.05) is 9.80 Å². The third kappa shape index (κ3) is 11.9. The molecule has 2 nitrogen and oxygen atoms in total. The van der Waals surface area contributed by atoms with E-state index in [4.69, 9.17) is 0 Å². The molecule has 0 saturated carbocycles. The molecule has 0 fully saturated rings. The fourth-order valence-corrected chi connectivity index (χ4v) is 12.0. The van der Waals surface area contributed by atoms with E-state index in [1.54, 1.807) is 0 Å². The van der Waals surface area contributed by atoms with Crippen LogP contribution in [-0.4, -0.2) is 0 Å².